The van der Waals surface area contributed by atoms with Crippen LogP contribution in [0.3, 0.4) is 0 Å². The largest absolute Gasteiger partial charge is 0.497 e. The van der Waals surface area contributed by atoms with Crippen molar-refractivity contribution in [1.29, 1.82) is 0 Å². The molecule has 5 nitrogen and oxygen atoms in total. The molecule has 6 heteroatoms. The SMILES string of the molecule is COc1ccc2c(c1)nc(-c1ccc(N3CCOCC3)c(F)c1)n2CC1CC1. The molecule has 146 valence electrons. The number of halogens is 1. The third-order valence-electron chi connectivity index (χ3n) is 5.65. The summed E-state index contributed by atoms with van der Waals surface area (Å²) < 4.78 is 27.9. The second-order valence-corrected chi connectivity index (χ2v) is 7.61. The molecule has 1 saturated carbocycles. The molecule has 1 saturated heterocycles. The first kappa shape index (κ1) is 17.5. The second-order valence-electron chi connectivity index (χ2n) is 7.61. The normalized spacial score (nSPS) is 17.3. The lowest BCUT2D eigenvalue weighted by Crippen LogP contribution is -2.36. The molecular weight excluding hydrogens is 357 g/mol. The molecule has 1 aromatic heterocycles. The summed E-state index contributed by atoms with van der Waals surface area (Å²) in [6.07, 6.45) is 2.50. The number of nitrogens with zero attached hydrogens (tertiary/aromatic N) is 3. The molecule has 0 radical (unpaired) electrons. The summed E-state index contributed by atoms with van der Waals surface area (Å²) in [6, 6.07) is 11.4. The standard InChI is InChI=1S/C22H24FN3O2/c1-27-17-5-7-21-19(13-17)24-22(26(21)14-15-2-3-15)16-4-6-20(18(23)12-16)25-8-10-28-11-9-25/h4-7,12-13,15H,2-3,8-11,14H2,1H3. The summed E-state index contributed by atoms with van der Waals surface area (Å²) >= 11 is 0. The molecule has 1 aliphatic carbocycles. The summed E-state index contributed by atoms with van der Waals surface area (Å²) in [4.78, 5) is 6.88. The quantitative estimate of drug-likeness (QED) is 0.667. The molecule has 0 atom stereocenters. The minimum absolute atomic E-state index is 0.206. The van der Waals surface area contributed by atoms with E-state index in [0.29, 0.717) is 24.8 Å². The summed E-state index contributed by atoms with van der Waals surface area (Å²) in [5.41, 5.74) is 3.40. The Kier molecular flexibility index (Phi) is 4.43. The highest BCUT2D eigenvalue weighted by Gasteiger charge is 2.25. The average Bonchev–Trinajstić information content (AvgIpc) is 3.48. The number of hydrogen-bond donors (Lipinski definition) is 0. The zero-order valence-electron chi connectivity index (χ0n) is 16.0. The number of aromatic nitrogens is 2. The number of ether oxygens (including phenoxy) is 2. The number of benzene rings is 2. The highest BCUT2D eigenvalue weighted by molar-refractivity contribution is 5.82. The van der Waals surface area contributed by atoms with Gasteiger partial charge in [0.1, 0.15) is 17.4 Å². The van der Waals surface area contributed by atoms with Gasteiger partial charge in [0.05, 0.1) is 37.0 Å². The number of anilines is 1. The van der Waals surface area contributed by atoms with Crippen LogP contribution in [0, 0.1) is 11.7 Å². The molecule has 1 aliphatic heterocycles. The van der Waals surface area contributed by atoms with Crippen LogP contribution in [0.4, 0.5) is 10.1 Å². The number of morpholine rings is 1. The molecule has 3 aromatic rings. The topological polar surface area (TPSA) is 39.5 Å². The number of fused-ring (bicyclic) bond motifs is 1. The van der Waals surface area contributed by atoms with Crippen LogP contribution in [-0.2, 0) is 11.3 Å². The predicted octanol–water partition coefficient (Wildman–Crippen LogP) is 4.10. The van der Waals surface area contributed by atoms with Gasteiger partial charge in [-0.2, -0.15) is 0 Å². The molecule has 0 unspecified atom stereocenters. The third kappa shape index (κ3) is 3.22. The summed E-state index contributed by atoms with van der Waals surface area (Å²) in [5.74, 6) is 2.09. The lowest BCUT2D eigenvalue weighted by atomic mass is 10.1. The molecule has 5 rings (SSSR count). The first-order chi connectivity index (χ1) is 13.7. The van der Waals surface area contributed by atoms with Crippen molar-refractivity contribution in [2.45, 2.75) is 19.4 Å². The Labute approximate surface area is 163 Å². The Morgan fingerprint density at radius 3 is 2.68 bits per heavy atom. The van der Waals surface area contributed by atoms with Gasteiger partial charge >= 0.3 is 0 Å². The van der Waals surface area contributed by atoms with Crippen LogP contribution in [0.25, 0.3) is 22.4 Å². The third-order valence-corrected chi connectivity index (χ3v) is 5.65. The van der Waals surface area contributed by atoms with E-state index in [1.807, 2.05) is 35.2 Å². The highest BCUT2D eigenvalue weighted by atomic mass is 19.1. The van der Waals surface area contributed by atoms with Gasteiger partial charge in [0, 0.05) is 31.3 Å². The Morgan fingerprint density at radius 2 is 1.96 bits per heavy atom. The molecule has 2 aromatic carbocycles. The fraction of sp³-hybridized carbons (Fsp3) is 0.409. The van der Waals surface area contributed by atoms with Gasteiger partial charge in [-0.15, -0.1) is 0 Å². The summed E-state index contributed by atoms with van der Waals surface area (Å²) in [5, 5.41) is 0. The molecule has 0 N–H and O–H groups in total. The number of rotatable bonds is 5. The van der Waals surface area contributed by atoms with Crippen LogP contribution in [0.1, 0.15) is 12.8 Å². The Bertz CT molecular complexity index is 1010. The lowest BCUT2D eigenvalue weighted by Gasteiger charge is -2.29. The number of methoxy groups -OCH3 is 1. The van der Waals surface area contributed by atoms with Crippen LogP contribution in [0.5, 0.6) is 5.75 Å². The van der Waals surface area contributed by atoms with Crippen molar-refractivity contribution in [2.24, 2.45) is 5.92 Å². The molecule has 2 fully saturated rings. The van der Waals surface area contributed by atoms with Gasteiger partial charge in [-0.3, -0.25) is 0 Å². The molecular formula is C22H24FN3O2. The number of hydrogen-bond acceptors (Lipinski definition) is 4. The smallest absolute Gasteiger partial charge is 0.147 e. The Balaban J connectivity index is 1.56. The van der Waals surface area contributed by atoms with Crippen molar-refractivity contribution in [1.82, 2.24) is 9.55 Å². The molecule has 2 heterocycles. The Hall–Kier alpha value is -2.60. The zero-order chi connectivity index (χ0) is 19.1. The van der Waals surface area contributed by atoms with Crippen LogP contribution in [0.2, 0.25) is 0 Å². The second kappa shape index (κ2) is 7.09. The van der Waals surface area contributed by atoms with Crippen LogP contribution in [-0.4, -0.2) is 43.0 Å². The van der Waals surface area contributed by atoms with E-state index in [9.17, 15) is 4.39 Å². The van der Waals surface area contributed by atoms with Crippen molar-refractivity contribution in [2.75, 3.05) is 38.3 Å². The van der Waals surface area contributed by atoms with Crippen LogP contribution < -0.4 is 9.64 Å². The van der Waals surface area contributed by atoms with Crippen molar-refractivity contribution in [3.8, 4) is 17.1 Å². The molecule has 2 aliphatic rings. The van der Waals surface area contributed by atoms with E-state index in [2.05, 4.69) is 4.57 Å². The predicted molar refractivity (Wildman–Crippen MR) is 107 cm³/mol. The minimum atomic E-state index is -0.206. The van der Waals surface area contributed by atoms with Gasteiger partial charge in [0.2, 0.25) is 0 Å². The Morgan fingerprint density at radius 1 is 1.14 bits per heavy atom. The fourth-order valence-electron chi connectivity index (χ4n) is 3.91. The van der Waals surface area contributed by atoms with E-state index in [0.717, 1.165) is 47.8 Å². The zero-order valence-corrected chi connectivity index (χ0v) is 16.0. The maximum atomic E-state index is 15.0. The molecule has 0 amide bonds. The fourth-order valence-corrected chi connectivity index (χ4v) is 3.91. The van der Waals surface area contributed by atoms with Gasteiger partial charge in [0.25, 0.3) is 0 Å². The van der Waals surface area contributed by atoms with Crippen molar-refractivity contribution in [3.05, 3.63) is 42.2 Å². The van der Waals surface area contributed by atoms with Crippen molar-refractivity contribution in [3.63, 3.8) is 0 Å². The molecule has 0 bridgehead atoms. The maximum absolute atomic E-state index is 15.0. The summed E-state index contributed by atoms with van der Waals surface area (Å²) in [7, 11) is 1.66. The maximum Gasteiger partial charge on any atom is 0.147 e. The van der Waals surface area contributed by atoms with Gasteiger partial charge in [0.15, 0.2) is 0 Å². The van der Waals surface area contributed by atoms with E-state index in [1.165, 1.54) is 12.8 Å². The highest BCUT2D eigenvalue weighted by Crippen LogP contribution is 2.36. The van der Waals surface area contributed by atoms with E-state index in [-0.39, 0.29) is 5.82 Å². The van der Waals surface area contributed by atoms with E-state index >= 15 is 0 Å². The number of imidazole rings is 1. The van der Waals surface area contributed by atoms with Gasteiger partial charge in [-0.25, -0.2) is 9.37 Å². The lowest BCUT2D eigenvalue weighted by molar-refractivity contribution is 0.122. The average molecular weight is 381 g/mol. The van der Waals surface area contributed by atoms with E-state index in [4.69, 9.17) is 14.5 Å². The van der Waals surface area contributed by atoms with Crippen LogP contribution in [0.15, 0.2) is 36.4 Å². The van der Waals surface area contributed by atoms with Crippen molar-refractivity contribution >= 4 is 16.7 Å². The van der Waals surface area contributed by atoms with Gasteiger partial charge in [-0.05, 0) is 49.1 Å². The van der Waals surface area contributed by atoms with Crippen molar-refractivity contribution < 1.29 is 13.9 Å². The monoisotopic (exact) mass is 381 g/mol. The van der Waals surface area contributed by atoms with E-state index < -0.39 is 0 Å². The van der Waals surface area contributed by atoms with Crippen LogP contribution >= 0.6 is 0 Å². The first-order valence-corrected chi connectivity index (χ1v) is 9.90. The van der Waals surface area contributed by atoms with Gasteiger partial charge in [-0.1, -0.05) is 0 Å². The van der Waals surface area contributed by atoms with Gasteiger partial charge < -0.3 is 18.9 Å². The molecule has 28 heavy (non-hydrogen) atoms. The molecule has 0 spiro atoms. The van der Waals surface area contributed by atoms with E-state index in [1.54, 1.807) is 13.2 Å². The first-order valence-electron chi connectivity index (χ1n) is 9.90. The summed E-state index contributed by atoms with van der Waals surface area (Å²) in [6.45, 7) is 3.64. The minimum Gasteiger partial charge on any atom is -0.497 e.